The quantitative estimate of drug-likeness (QED) is 0.184. The van der Waals surface area contributed by atoms with Crippen molar-refractivity contribution in [2.45, 2.75) is 19.1 Å². The lowest BCUT2D eigenvalue weighted by atomic mass is 10.1. The molecule has 0 aliphatic rings. The zero-order valence-electron chi connectivity index (χ0n) is 25.1. The fourth-order valence-corrected chi connectivity index (χ4v) is 4.42. The van der Waals surface area contributed by atoms with Crippen LogP contribution in [0.1, 0.15) is 18.5 Å². The zero-order chi connectivity index (χ0) is 32.4. The van der Waals surface area contributed by atoms with E-state index in [-0.39, 0.29) is 18.2 Å². The number of methoxy groups -OCH3 is 3. The molecule has 1 heterocycles. The van der Waals surface area contributed by atoms with Gasteiger partial charge in [-0.25, -0.2) is 9.59 Å². The summed E-state index contributed by atoms with van der Waals surface area (Å²) in [6.45, 7) is 2.44. The van der Waals surface area contributed by atoms with Gasteiger partial charge in [-0.3, -0.25) is 4.79 Å². The Balaban J connectivity index is 0.000000801. The number of carboxylic acids is 2. The summed E-state index contributed by atoms with van der Waals surface area (Å²) in [5, 5.41) is 30.0. The number of aromatic nitrogens is 1. The van der Waals surface area contributed by atoms with Crippen LogP contribution in [0.2, 0.25) is 0 Å². The number of nitrogens with zero attached hydrogens (tertiary/aromatic N) is 1. The summed E-state index contributed by atoms with van der Waals surface area (Å²) in [4.78, 5) is 31.2. The number of pyridine rings is 1. The van der Waals surface area contributed by atoms with E-state index in [0.29, 0.717) is 29.2 Å². The number of carbonyl (C=O) groups is 2. The third-order valence-electron chi connectivity index (χ3n) is 6.79. The molecule has 12 nitrogen and oxygen atoms in total. The second-order valence-electron chi connectivity index (χ2n) is 9.66. The molecule has 234 valence electrons. The molecule has 0 aliphatic heterocycles. The second kappa shape index (κ2) is 15.4. The Morgan fingerprint density at radius 3 is 2.18 bits per heavy atom. The summed E-state index contributed by atoms with van der Waals surface area (Å²) < 4.78 is 23.8. The molecule has 3 aromatic carbocycles. The Kier molecular flexibility index (Phi) is 11.7. The van der Waals surface area contributed by atoms with E-state index in [1.807, 2.05) is 61.5 Å². The van der Waals surface area contributed by atoms with Gasteiger partial charge in [-0.2, -0.15) is 0 Å². The molecule has 0 spiro atoms. The van der Waals surface area contributed by atoms with Crippen LogP contribution in [-0.4, -0.2) is 72.4 Å². The molecule has 0 radical (unpaired) electrons. The molecule has 0 fully saturated rings. The van der Waals surface area contributed by atoms with Crippen LogP contribution in [-0.2, 0) is 16.6 Å². The number of aliphatic hydroxyl groups excluding tert-OH is 1. The maximum Gasteiger partial charge on any atom is 0.414 e. The van der Waals surface area contributed by atoms with Gasteiger partial charge in [0.15, 0.2) is 11.5 Å². The van der Waals surface area contributed by atoms with Crippen molar-refractivity contribution in [3.8, 4) is 34.3 Å². The number of para-hydroxylation sites is 1. The average molecular weight is 609 g/mol. The van der Waals surface area contributed by atoms with Gasteiger partial charge in [-0.15, -0.1) is 0 Å². The van der Waals surface area contributed by atoms with Crippen LogP contribution < -0.4 is 29.8 Å². The highest BCUT2D eigenvalue weighted by Gasteiger charge is 2.16. The van der Waals surface area contributed by atoms with Crippen LogP contribution >= 0.6 is 0 Å². The summed E-state index contributed by atoms with van der Waals surface area (Å²) in [7, 11) is 6.52. The number of carboxylic acid groups (broad SMARTS) is 2. The Hall–Kier alpha value is -5.07. The Bertz CT molecular complexity index is 1660. The standard InChI is InChI=1S/C30H34N2O6.C2H2O4/c1-19(24-8-6-7-9-27(24)36-4)31-17-22(33)18-38-28-13-11-21(15-29(28)37-5)26-14-20-10-12-23(35-3)16-25(20)30(34)32(26)2;3-1(4)2(5)6/h6-16,19,22,31,33H,17-18H2,1-5H3;(H,3,4)(H,5,6). The molecule has 4 rings (SSSR count). The number of aliphatic carboxylic acids is 2. The predicted octanol–water partition coefficient (Wildman–Crippen LogP) is 3.48. The van der Waals surface area contributed by atoms with Gasteiger partial charge < -0.3 is 44.2 Å². The Morgan fingerprint density at radius 1 is 0.864 bits per heavy atom. The zero-order valence-corrected chi connectivity index (χ0v) is 25.1. The van der Waals surface area contributed by atoms with E-state index < -0.39 is 18.0 Å². The van der Waals surface area contributed by atoms with Crippen molar-refractivity contribution < 1.29 is 43.9 Å². The van der Waals surface area contributed by atoms with Gasteiger partial charge in [0, 0.05) is 30.8 Å². The van der Waals surface area contributed by atoms with Crippen molar-refractivity contribution in [2.24, 2.45) is 7.05 Å². The van der Waals surface area contributed by atoms with E-state index in [0.717, 1.165) is 28.0 Å². The van der Waals surface area contributed by atoms with Crippen molar-refractivity contribution in [3.63, 3.8) is 0 Å². The van der Waals surface area contributed by atoms with Crippen molar-refractivity contribution in [1.29, 1.82) is 0 Å². The molecule has 44 heavy (non-hydrogen) atoms. The predicted molar refractivity (Wildman–Crippen MR) is 164 cm³/mol. The molecule has 0 bridgehead atoms. The first-order valence-electron chi connectivity index (χ1n) is 13.5. The topological polar surface area (TPSA) is 166 Å². The second-order valence-corrected chi connectivity index (χ2v) is 9.66. The first kappa shape index (κ1) is 33.4. The summed E-state index contributed by atoms with van der Waals surface area (Å²) in [6, 6.07) is 20.7. The van der Waals surface area contributed by atoms with Crippen LogP contribution in [0.25, 0.3) is 22.0 Å². The van der Waals surface area contributed by atoms with Crippen LogP contribution in [0.3, 0.4) is 0 Å². The molecular formula is C32H36N2O10. The van der Waals surface area contributed by atoms with Gasteiger partial charge in [0.2, 0.25) is 0 Å². The fourth-order valence-electron chi connectivity index (χ4n) is 4.42. The third-order valence-corrected chi connectivity index (χ3v) is 6.79. The lowest BCUT2D eigenvalue weighted by Crippen LogP contribution is -2.33. The van der Waals surface area contributed by atoms with Crippen LogP contribution in [0, 0.1) is 0 Å². The van der Waals surface area contributed by atoms with E-state index >= 15 is 0 Å². The summed E-state index contributed by atoms with van der Waals surface area (Å²) in [5.41, 5.74) is 2.45. The SMILES string of the molecule is COc1ccc2cc(-c3ccc(OCC(O)CNC(C)c4ccccc4OC)c(OC)c3)n(C)c(=O)c2c1.O=C(O)C(=O)O. The maximum absolute atomic E-state index is 13.0. The number of hydrogen-bond acceptors (Lipinski definition) is 9. The lowest BCUT2D eigenvalue weighted by molar-refractivity contribution is -0.159. The van der Waals surface area contributed by atoms with Gasteiger partial charge in [0.1, 0.15) is 24.2 Å². The van der Waals surface area contributed by atoms with Gasteiger partial charge >= 0.3 is 11.9 Å². The van der Waals surface area contributed by atoms with E-state index in [1.54, 1.807) is 45.1 Å². The largest absolute Gasteiger partial charge is 0.497 e. The summed E-state index contributed by atoms with van der Waals surface area (Å²) >= 11 is 0. The first-order valence-corrected chi connectivity index (χ1v) is 13.5. The van der Waals surface area contributed by atoms with E-state index in [2.05, 4.69) is 5.32 Å². The normalized spacial score (nSPS) is 12.0. The molecule has 4 N–H and O–H groups in total. The van der Waals surface area contributed by atoms with Crippen LogP contribution in [0.5, 0.6) is 23.0 Å². The van der Waals surface area contributed by atoms with Gasteiger partial charge in [-0.05, 0) is 54.8 Å². The van der Waals surface area contributed by atoms with E-state index in [4.69, 9.17) is 38.7 Å². The minimum Gasteiger partial charge on any atom is -0.497 e. The highest BCUT2D eigenvalue weighted by atomic mass is 16.5. The average Bonchev–Trinajstić information content (AvgIpc) is 3.04. The molecule has 2 unspecified atom stereocenters. The molecule has 0 saturated carbocycles. The Labute approximate surface area is 254 Å². The molecule has 1 aromatic heterocycles. The van der Waals surface area contributed by atoms with Crippen molar-refractivity contribution in [3.05, 3.63) is 82.6 Å². The van der Waals surface area contributed by atoms with E-state index in [1.165, 1.54) is 0 Å². The monoisotopic (exact) mass is 608 g/mol. The van der Waals surface area contributed by atoms with Crippen molar-refractivity contribution in [1.82, 2.24) is 9.88 Å². The minimum absolute atomic E-state index is 0.00990. The number of nitrogens with one attached hydrogen (secondary N) is 1. The van der Waals surface area contributed by atoms with Crippen LogP contribution in [0.15, 0.2) is 71.5 Å². The number of aliphatic hydroxyl groups is 1. The van der Waals surface area contributed by atoms with Crippen molar-refractivity contribution >= 4 is 22.7 Å². The maximum atomic E-state index is 13.0. The number of ether oxygens (including phenoxy) is 4. The van der Waals surface area contributed by atoms with Gasteiger partial charge in [-0.1, -0.05) is 24.3 Å². The smallest absolute Gasteiger partial charge is 0.414 e. The minimum atomic E-state index is -1.82. The molecule has 0 amide bonds. The first-order chi connectivity index (χ1) is 21.0. The highest BCUT2D eigenvalue weighted by Crippen LogP contribution is 2.33. The molecule has 4 aromatic rings. The van der Waals surface area contributed by atoms with Gasteiger partial charge in [0.25, 0.3) is 5.56 Å². The lowest BCUT2D eigenvalue weighted by Gasteiger charge is -2.20. The number of hydrogen-bond donors (Lipinski definition) is 4. The fraction of sp³-hybridized carbons (Fsp3) is 0.281. The molecule has 12 heteroatoms. The molecular weight excluding hydrogens is 572 g/mol. The number of rotatable bonds is 11. The van der Waals surface area contributed by atoms with Crippen molar-refractivity contribution in [2.75, 3.05) is 34.5 Å². The van der Waals surface area contributed by atoms with Crippen LogP contribution in [0.4, 0.5) is 0 Å². The highest BCUT2D eigenvalue weighted by molar-refractivity contribution is 6.27. The molecule has 0 saturated heterocycles. The number of benzene rings is 3. The number of fused-ring (bicyclic) bond motifs is 1. The molecule has 2 atom stereocenters. The van der Waals surface area contributed by atoms with E-state index in [9.17, 15) is 9.90 Å². The summed E-state index contributed by atoms with van der Waals surface area (Å²) in [5.74, 6) is -1.20. The van der Waals surface area contributed by atoms with Gasteiger partial charge in [0.05, 0.1) is 32.4 Å². The Morgan fingerprint density at radius 2 is 1.55 bits per heavy atom. The third kappa shape index (κ3) is 8.27. The molecule has 0 aliphatic carbocycles. The summed E-state index contributed by atoms with van der Waals surface area (Å²) in [6.07, 6.45) is -0.741.